The Bertz CT molecular complexity index is 707. The first kappa shape index (κ1) is 14.9. The highest BCUT2D eigenvalue weighted by molar-refractivity contribution is 6.44. The van der Waals surface area contributed by atoms with Crippen molar-refractivity contribution in [3.8, 4) is 0 Å². The maximum absolute atomic E-state index is 13.4. The molecule has 2 N–H and O–H groups in total. The van der Waals surface area contributed by atoms with Gasteiger partial charge in [-0.2, -0.15) is 0 Å². The van der Waals surface area contributed by atoms with Gasteiger partial charge in [0.15, 0.2) is 0 Å². The Hall–Kier alpha value is -2.47. The SMILES string of the molecule is O=C(Nc1cc(F)ccc1F)C(=O)Nc1ccccc1Cl. The van der Waals surface area contributed by atoms with E-state index in [2.05, 4.69) is 5.32 Å². The average Bonchev–Trinajstić information content (AvgIpc) is 2.45. The first-order valence-corrected chi connectivity index (χ1v) is 6.17. The van der Waals surface area contributed by atoms with Crippen LogP contribution in [0.4, 0.5) is 20.2 Å². The fraction of sp³-hybridized carbons (Fsp3) is 0. The van der Waals surface area contributed by atoms with Crippen LogP contribution in [0.2, 0.25) is 5.02 Å². The van der Waals surface area contributed by atoms with Gasteiger partial charge in [0.05, 0.1) is 16.4 Å². The molecule has 0 radical (unpaired) electrons. The third-order valence-corrected chi connectivity index (χ3v) is 2.83. The van der Waals surface area contributed by atoms with Gasteiger partial charge in [0, 0.05) is 6.07 Å². The molecule has 0 saturated heterocycles. The van der Waals surface area contributed by atoms with E-state index in [9.17, 15) is 18.4 Å². The van der Waals surface area contributed by atoms with E-state index in [0.717, 1.165) is 18.2 Å². The van der Waals surface area contributed by atoms with Gasteiger partial charge in [-0.05, 0) is 24.3 Å². The molecule has 0 aliphatic heterocycles. The Balaban J connectivity index is 2.08. The van der Waals surface area contributed by atoms with Gasteiger partial charge >= 0.3 is 11.8 Å². The van der Waals surface area contributed by atoms with E-state index in [1.807, 2.05) is 5.32 Å². The zero-order valence-electron chi connectivity index (χ0n) is 10.5. The second-order valence-corrected chi connectivity index (χ2v) is 4.42. The number of hydrogen-bond acceptors (Lipinski definition) is 2. The predicted molar refractivity (Wildman–Crippen MR) is 75.1 cm³/mol. The fourth-order valence-corrected chi connectivity index (χ4v) is 1.70. The van der Waals surface area contributed by atoms with E-state index < -0.39 is 29.1 Å². The van der Waals surface area contributed by atoms with Crippen molar-refractivity contribution < 1.29 is 18.4 Å². The number of hydrogen-bond donors (Lipinski definition) is 2. The van der Waals surface area contributed by atoms with Crippen molar-refractivity contribution in [3.63, 3.8) is 0 Å². The van der Waals surface area contributed by atoms with Crippen molar-refractivity contribution in [3.05, 3.63) is 59.1 Å². The van der Waals surface area contributed by atoms with Gasteiger partial charge in [0.2, 0.25) is 0 Å². The molecule has 0 atom stereocenters. The lowest BCUT2D eigenvalue weighted by Crippen LogP contribution is -2.29. The van der Waals surface area contributed by atoms with Gasteiger partial charge in [0.1, 0.15) is 11.6 Å². The first-order chi connectivity index (χ1) is 9.97. The van der Waals surface area contributed by atoms with Crippen LogP contribution in [0.5, 0.6) is 0 Å². The Morgan fingerprint density at radius 2 is 1.52 bits per heavy atom. The summed E-state index contributed by atoms with van der Waals surface area (Å²) >= 11 is 5.82. The molecule has 2 rings (SSSR count). The fourth-order valence-electron chi connectivity index (χ4n) is 1.51. The second-order valence-electron chi connectivity index (χ2n) is 4.01. The summed E-state index contributed by atoms with van der Waals surface area (Å²) in [5, 5.41) is 4.49. The standard InChI is InChI=1S/C14H9ClF2N2O2/c15-9-3-1-2-4-11(9)18-13(20)14(21)19-12-7-8(16)5-6-10(12)17/h1-7H,(H,18,20)(H,19,21). The third kappa shape index (κ3) is 3.76. The van der Waals surface area contributed by atoms with E-state index in [1.54, 1.807) is 12.1 Å². The van der Waals surface area contributed by atoms with Crippen LogP contribution >= 0.6 is 11.6 Å². The summed E-state index contributed by atoms with van der Waals surface area (Å²) in [6.07, 6.45) is 0. The van der Waals surface area contributed by atoms with Gasteiger partial charge in [-0.15, -0.1) is 0 Å². The molecular formula is C14H9ClF2N2O2. The summed E-state index contributed by atoms with van der Waals surface area (Å²) in [4.78, 5) is 23.3. The quantitative estimate of drug-likeness (QED) is 0.837. The summed E-state index contributed by atoms with van der Waals surface area (Å²) in [7, 11) is 0. The number of benzene rings is 2. The van der Waals surface area contributed by atoms with E-state index in [4.69, 9.17) is 11.6 Å². The van der Waals surface area contributed by atoms with Gasteiger partial charge in [-0.25, -0.2) is 8.78 Å². The Labute approximate surface area is 123 Å². The van der Waals surface area contributed by atoms with Crippen LogP contribution in [0.1, 0.15) is 0 Å². The van der Waals surface area contributed by atoms with E-state index in [0.29, 0.717) is 0 Å². The number of nitrogens with one attached hydrogen (secondary N) is 2. The van der Waals surface area contributed by atoms with E-state index in [-0.39, 0.29) is 10.7 Å². The number of carbonyl (C=O) groups excluding carboxylic acids is 2. The van der Waals surface area contributed by atoms with Crippen LogP contribution in [-0.4, -0.2) is 11.8 Å². The smallest absolute Gasteiger partial charge is 0.314 e. The Kier molecular flexibility index (Phi) is 4.49. The molecule has 0 bridgehead atoms. The summed E-state index contributed by atoms with van der Waals surface area (Å²) in [6, 6.07) is 8.81. The second kappa shape index (κ2) is 6.32. The molecule has 108 valence electrons. The highest BCUT2D eigenvalue weighted by Crippen LogP contribution is 2.20. The van der Waals surface area contributed by atoms with Gasteiger partial charge in [0.25, 0.3) is 0 Å². The lowest BCUT2D eigenvalue weighted by atomic mass is 10.3. The Morgan fingerprint density at radius 3 is 2.19 bits per heavy atom. The van der Waals surface area contributed by atoms with Crippen LogP contribution < -0.4 is 10.6 Å². The minimum absolute atomic E-state index is 0.235. The lowest BCUT2D eigenvalue weighted by Gasteiger charge is -2.08. The molecule has 0 aliphatic rings. The molecule has 0 saturated carbocycles. The van der Waals surface area contributed by atoms with Crippen molar-refractivity contribution in [2.75, 3.05) is 10.6 Å². The Morgan fingerprint density at radius 1 is 0.905 bits per heavy atom. The highest BCUT2D eigenvalue weighted by Gasteiger charge is 2.17. The zero-order valence-corrected chi connectivity index (χ0v) is 11.2. The summed E-state index contributed by atoms with van der Waals surface area (Å²) in [5.74, 6) is -3.78. The van der Waals surface area contributed by atoms with E-state index >= 15 is 0 Å². The number of para-hydroxylation sites is 1. The van der Waals surface area contributed by atoms with Crippen molar-refractivity contribution in [1.29, 1.82) is 0 Å². The molecule has 0 fully saturated rings. The van der Waals surface area contributed by atoms with Crippen LogP contribution in [0, 0.1) is 11.6 Å². The largest absolute Gasteiger partial charge is 0.316 e. The van der Waals surface area contributed by atoms with Crippen LogP contribution in [-0.2, 0) is 9.59 Å². The maximum Gasteiger partial charge on any atom is 0.314 e. The molecule has 2 amide bonds. The lowest BCUT2D eigenvalue weighted by molar-refractivity contribution is -0.133. The normalized spacial score (nSPS) is 10.0. The molecule has 2 aromatic carbocycles. The summed E-state index contributed by atoms with van der Waals surface area (Å²) in [5.41, 5.74) is -0.187. The van der Waals surface area contributed by atoms with Crippen LogP contribution in [0.3, 0.4) is 0 Å². The number of halogens is 3. The number of amides is 2. The van der Waals surface area contributed by atoms with Crippen molar-refractivity contribution in [2.24, 2.45) is 0 Å². The molecule has 7 heteroatoms. The maximum atomic E-state index is 13.4. The zero-order chi connectivity index (χ0) is 15.4. The van der Waals surface area contributed by atoms with Gasteiger partial charge in [-0.1, -0.05) is 23.7 Å². The van der Waals surface area contributed by atoms with Crippen molar-refractivity contribution in [2.45, 2.75) is 0 Å². The molecule has 4 nitrogen and oxygen atoms in total. The average molecular weight is 311 g/mol. The molecule has 0 aromatic heterocycles. The number of rotatable bonds is 2. The molecule has 0 spiro atoms. The minimum atomic E-state index is -1.14. The molecule has 0 heterocycles. The van der Waals surface area contributed by atoms with Crippen molar-refractivity contribution >= 4 is 34.8 Å². The molecule has 21 heavy (non-hydrogen) atoms. The van der Waals surface area contributed by atoms with Crippen LogP contribution in [0.25, 0.3) is 0 Å². The molecular weight excluding hydrogens is 302 g/mol. The first-order valence-electron chi connectivity index (χ1n) is 5.79. The number of carbonyl (C=O) groups is 2. The third-order valence-electron chi connectivity index (χ3n) is 2.50. The predicted octanol–water partition coefficient (Wildman–Crippen LogP) is 3.20. The van der Waals surface area contributed by atoms with Gasteiger partial charge < -0.3 is 10.6 Å². The van der Waals surface area contributed by atoms with Gasteiger partial charge in [-0.3, -0.25) is 9.59 Å². The monoisotopic (exact) mass is 310 g/mol. The minimum Gasteiger partial charge on any atom is -0.316 e. The topological polar surface area (TPSA) is 58.2 Å². The van der Waals surface area contributed by atoms with Crippen molar-refractivity contribution in [1.82, 2.24) is 0 Å². The number of anilines is 2. The highest BCUT2D eigenvalue weighted by atomic mass is 35.5. The molecule has 0 unspecified atom stereocenters. The summed E-state index contributed by atoms with van der Waals surface area (Å²) < 4.78 is 26.3. The summed E-state index contributed by atoms with van der Waals surface area (Å²) in [6.45, 7) is 0. The van der Waals surface area contributed by atoms with E-state index in [1.165, 1.54) is 12.1 Å². The molecule has 2 aromatic rings. The molecule has 0 aliphatic carbocycles. The van der Waals surface area contributed by atoms with Crippen LogP contribution in [0.15, 0.2) is 42.5 Å².